The Kier molecular flexibility index (Phi) is 4.21. The molecule has 96 valence electrons. The van der Waals surface area contributed by atoms with E-state index in [0.29, 0.717) is 6.04 Å². The molecule has 3 nitrogen and oxygen atoms in total. The number of hydrogen-bond donors (Lipinski definition) is 1. The molecule has 1 atom stereocenters. The van der Waals surface area contributed by atoms with Crippen LogP contribution in [-0.4, -0.2) is 15.8 Å². The number of nitrogens with one attached hydrogen (secondary N) is 1. The number of nitrogens with zero attached hydrogens (tertiary/aromatic N) is 2. The van der Waals surface area contributed by atoms with Gasteiger partial charge in [0.15, 0.2) is 0 Å². The maximum Gasteiger partial charge on any atom is 0.0597 e. The van der Waals surface area contributed by atoms with Crippen molar-refractivity contribution in [3.05, 3.63) is 17.5 Å². The zero-order valence-corrected chi connectivity index (χ0v) is 11.4. The van der Waals surface area contributed by atoms with Crippen LogP contribution in [0.2, 0.25) is 0 Å². The van der Waals surface area contributed by atoms with Gasteiger partial charge in [0.2, 0.25) is 0 Å². The highest BCUT2D eigenvalue weighted by Gasteiger charge is 2.19. The Bertz CT molecular complexity index is 350. The van der Waals surface area contributed by atoms with Crippen molar-refractivity contribution in [1.29, 1.82) is 0 Å². The van der Waals surface area contributed by atoms with Crippen LogP contribution < -0.4 is 5.32 Å². The monoisotopic (exact) mass is 235 g/mol. The molecule has 0 radical (unpaired) electrons. The molecule has 3 heteroatoms. The Hall–Kier alpha value is -0.830. The van der Waals surface area contributed by atoms with Crippen LogP contribution in [0.4, 0.5) is 0 Å². The lowest BCUT2D eigenvalue weighted by molar-refractivity contribution is 0.279. The van der Waals surface area contributed by atoms with Crippen LogP contribution in [-0.2, 0) is 13.6 Å². The SMILES string of the molecule is Cc1cc(CNC(C)C2CCCCC2)n(C)n1. The van der Waals surface area contributed by atoms with Crippen LogP contribution in [0, 0.1) is 12.8 Å². The van der Waals surface area contributed by atoms with Crippen LogP contribution in [0.1, 0.15) is 50.4 Å². The van der Waals surface area contributed by atoms with Gasteiger partial charge in [0, 0.05) is 19.6 Å². The van der Waals surface area contributed by atoms with Crippen LogP contribution in [0.15, 0.2) is 6.07 Å². The van der Waals surface area contributed by atoms with E-state index in [1.54, 1.807) is 0 Å². The Morgan fingerprint density at radius 2 is 2.12 bits per heavy atom. The standard InChI is InChI=1S/C14H25N3/c1-11-9-14(17(3)16-11)10-15-12(2)13-7-5-4-6-8-13/h9,12-13,15H,4-8,10H2,1-3H3. The summed E-state index contributed by atoms with van der Waals surface area (Å²) in [5, 5.41) is 8.04. The van der Waals surface area contributed by atoms with Crippen LogP contribution >= 0.6 is 0 Å². The van der Waals surface area contributed by atoms with E-state index in [0.717, 1.165) is 18.2 Å². The van der Waals surface area contributed by atoms with E-state index in [1.165, 1.54) is 37.8 Å². The molecule has 0 bridgehead atoms. The van der Waals surface area contributed by atoms with E-state index < -0.39 is 0 Å². The number of aryl methyl sites for hydroxylation is 2. The summed E-state index contributed by atoms with van der Waals surface area (Å²) in [6.45, 7) is 5.32. The second kappa shape index (κ2) is 5.67. The van der Waals surface area contributed by atoms with Crippen molar-refractivity contribution in [1.82, 2.24) is 15.1 Å². The zero-order chi connectivity index (χ0) is 12.3. The second-order valence-electron chi connectivity index (χ2n) is 5.47. The van der Waals surface area contributed by atoms with Crippen LogP contribution in [0.5, 0.6) is 0 Å². The fourth-order valence-corrected chi connectivity index (χ4v) is 2.90. The molecule has 17 heavy (non-hydrogen) atoms. The first-order valence-electron chi connectivity index (χ1n) is 6.89. The Morgan fingerprint density at radius 3 is 2.71 bits per heavy atom. The predicted molar refractivity (Wildman–Crippen MR) is 70.8 cm³/mol. The molecular formula is C14H25N3. The highest BCUT2D eigenvalue weighted by atomic mass is 15.3. The fraction of sp³-hybridized carbons (Fsp3) is 0.786. The van der Waals surface area contributed by atoms with Gasteiger partial charge < -0.3 is 5.32 Å². The quantitative estimate of drug-likeness (QED) is 0.869. The maximum atomic E-state index is 4.38. The Labute approximate surface area is 105 Å². The molecule has 0 aromatic carbocycles. The van der Waals surface area contributed by atoms with Crippen molar-refractivity contribution in [3.63, 3.8) is 0 Å². The summed E-state index contributed by atoms with van der Waals surface area (Å²) in [7, 11) is 2.02. The first kappa shape index (κ1) is 12.6. The van der Waals surface area contributed by atoms with E-state index >= 15 is 0 Å². The van der Waals surface area contributed by atoms with Gasteiger partial charge in [-0.3, -0.25) is 4.68 Å². The van der Waals surface area contributed by atoms with Crippen molar-refractivity contribution in [3.8, 4) is 0 Å². The minimum absolute atomic E-state index is 0.630. The van der Waals surface area contributed by atoms with E-state index in [9.17, 15) is 0 Å². The minimum Gasteiger partial charge on any atom is -0.308 e. The molecule has 0 aliphatic heterocycles. The first-order valence-corrected chi connectivity index (χ1v) is 6.89. The van der Waals surface area contributed by atoms with Crippen molar-refractivity contribution >= 4 is 0 Å². The molecule has 0 saturated heterocycles. The number of rotatable bonds is 4. The molecule has 1 aliphatic carbocycles. The van der Waals surface area contributed by atoms with Gasteiger partial charge in [0.05, 0.1) is 11.4 Å². The normalized spacial score (nSPS) is 19.5. The van der Waals surface area contributed by atoms with Gasteiger partial charge in [0.25, 0.3) is 0 Å². The molecule has 1 N–H and O–H groups in total. The second-order valence-corrected chi connectivity index (χ2v) is 5.47. The lowest BCUT2D eigenvalue weighted by atomic mass is 9.84. The summed E-state index contributed by atoms with van der Waals surface area (Å²) < 4.78 is 1.98. The van der Waals surface area contributed by atoms with Crippen molar-refractivity contribution in [2.75, 3.05) is 0 Å². The number of aromatic nitrogens is 2. The molecule has 1 unspecified atom stereocenters. The summed E-state index contributed by atoms with van der Waals surface area (Å²) in [4.78, 5) is 0. The Balaban J connectivity index is 1.82. The highest BCUT2D eigenvalue weighted by molar-refractivity contribution is 5.08. The largest absolute Gasteiger partial charge is 0.308 e. The lowest BCUT2D eigenvalue weighted by Crippen LogP contribution is -2.34. The van der Waals surface area contributed by atoms with Crippen molar-refractivity contribution in [2.24, 2.45) is 13.0 Å². The van der Waals surface area contributed by atoms with E-state index in [2.05, 4.69) is 23.4 Å². The summed E-state index contributed by atoms with van der Waals surface area (Å²) >= 11 is 0. The van der Waals surface area contributed by atoms with Crippen molar-refractivity contribution in [2.45, 2.75) is 58.5 Å². The molecular weight excluding hydrogens is 210 g/mol. The third kappa shape index (κ3) is 3.32. The van der Waals surface area contributed by atoms with Gasteiger partial charge in [-0.25, -0.2) is 0 Å². The third-order valence-electron chi connectivity index (χ3n) is 4.06. The highest BCUT2D eigenvalue weighted by Crippen LogP contribution is 2.26. The molecule has 1 heterocycles. The van der Waals surface area contributed by atoms with Crippen molar-refractivity contribution < 1.29 is 0 Å². The topological polar surface area (TPSA) is 29.9 Å². The fourth-order valence-electron chi connectivity index (χ4n) is 2.90. The summed E-state index contributed by atoms with van der Waals surface area (Å²) in [5.74, 6) is 0.873. The van der Waals surface area contributed by atoms with Gasteiger partial charge in [-0.2, -0.15) is 5.10 Å². The summed E-state index contributed by atoms with van der Waals surface area (Å²) in [5.41, 5.74) is 2.39. The van der Waals surface area contributed by atoms with Gasteiger partial charge >= 0.3 is 0 Å². The summed E-state index contributed by atoms with van der Waals surface area (Å²) in [6.07, 6.45) is 7.07. The lowest BCUT2D eigenvalue weighted by Gasteiger charge is -2.28. The molecule has 1 aromatic rings. The van der Waals surface area contributed by atoms with E-state index in [1.807, 2.05) is 18.7 Å². The average molecular weight is 235 g/mol. The molecule has 1 aromatic heterocycles. The molecule has 1 fully saturated rings. The van der Waals surface area contributed by atoms with Gasteiger partial charge in [-0.1, -0.05) is 19.3 Å². The Morgan fingerprint density at radius 1 is 1.41 bits per heavy atom. The number of hydrogen-bond acceptors (Lipinski definition) is 2. The minimum atomic E-state index is 0.630. The average Bonchev–Trinajstić information content (AvgIpc) is 2.66. The van der Waals surface area contributed by atoms with E-state index in [4.69, 9.17) is 0 Å². The van der Waals surface area contributed by atoms with Gasteiger partial charge in [0.1, 0.15) is 0 Å². The third-order valence-corrected chi connectivity index (χ3v) is 4.06. The molecule has 1 aliphatic rings. The maximum absolute atomic E-state index is 4.38. The van der Waals surface area contributed by atoms with Gasteiger partial charge in [-0.05, 0) is 38.7 Å². The predicted octanol–water partition coefficient (Wildman–Crippen LogP) is 2.79. The molecule has 1 saturated carbocycles. The first-order chi connectivity index (χ1) is 8.16. The molecule has 0 amide bonds. The van der Waals surface area contributed by atoms with Gasteiger partial charge in [-0.15, -0.1) is 0 Å². The zero-order valence-electron chi connectivity index (χ0n) is 11.4. The summed E-state index contributed by atoms with van der Waals surface area (Å²) in [6, 6.07) is 2.80. The van der Waals surface area contributed by atoms with E-state index in [-0.39, 0.29) is 0 Å². The van der Waals surface area contributed by atoms with Crippen LogP contribution in [0.3, 0.4) is 0 Å². The van der Waals surface area contributed by atoms with Crippen LogP contribution in [0.25, 0.3) is 0 Å². The molecule has 2 rings (SSSR count). The molecule has 0 spiro atoms. The smallest absolute Gasteiger partial charge is 0.0597 e.